The molecular formula is C18H13Cl2N3O. The van der Waals surface area contributed by atoms with Crippen LogP contribution in [0.2, 0.25) is 10.0 Å². The zero-order chi connectivity index (χ0) is 16.9. The summed E-state index contributed by atoms with van der Waals surface area (Å²) in [7, 11) is 0. The van der Waals surface area contributed by atoms with Gasteiger partial charge in [-0.2, -0.15) is 0 Å². The van der Waals surface area contributed by atoms with Gasteiger partial charge in [0.25, 0.3) is 5.91 Å². The number of hydrogen-bond donors (Lipinski definition) is 2. The smallest absolute Gasteiger partial charge is 0.257 e. The number of nitrogens with zero attached hydrogens (tertiary/aromatic N) is 1. The van der Waals surface area contributed by atoms with Gasteiger partial charge in [0.2, 0.25) is 0 Å². The molecule has 0 unspecified atom stereocenters. The lowest BCUT2D eigenvalue weighted by molar-refractivity contribution is 0.102. The number of benzene rings is 2. The molecule has 0 aliphatic rings. The maximum absolute atomic E-state index is 12.2. The minimum absolute atomic E-state index is 0.278. The summed E-state index contributed by atoms with van der Waals surface area (Å²) in [6.07, 6.45) is 1.49. The summed E-state index contributed by atoms with van der Waals surface area (Å²) < 4.78 is 0. The van der Waals surface area contributed by atoms with Gasteiger partial charge in [-0.3, -0.25) is 4.79 Å². The molecule has 4 nitrogen and oxygen atoms in total. The second-order valence-electron chi connectivity index (χ2n) is 4.97. The van der Waals surface area contributed by atoms with Gasteiger partial charge < -0.3 is 10.6 Å². The normalized spacial score (nSPS) is 10.2. The number of rotatable bonds is 4. The van der Waals surface area contributed by atoms with Crippen LogP contribution in [0.3, 0.4) is 0 Å². The molecule has 0 radical (unpaired) electrons. The standard InChI is InChI=1S/C18H13Cl2N3O/c19-13-5-1-3-7-15(13)22-17-10-9-12(11-21-17)18(24)23-16-8-4-2-6-14(16)20/h1-11H,(H,21,22)(H,23,24). The van der Waals surface area contributed by atoms with E-state index in [2.05, 4.69) is 15.6 Å². The van der Waals surface area contributed by atoms with Gasteiger partial charge in [0, 0.05) is 6.20 Å². The van der Waals surface area contributed by atoms with E-state index >= 15 is 0 Å². The third kappa shape index (κ3) is 3.85. The molecule has 1 heterocycles. The molecule has 3 rings (SSSR count). The van der Waals surface area contributed by atoms with Crippen LogP contribution in [0.25, 0.3) is 0 Å². The number of para-hydroxylation sites is 2. The molecule has 6 heteroatoms. The highest BCUT2D eigenvalue weighted by Gasteiger charge is 2.09. The summed E-state index contributed by atoms with van der Waals surface area (Å²) in [5.41, 5.74) is 1.74. The molecule has 2 N–H and O–H groups in total. The zero-order valence-electron chi connectivity index (χ0n) is 12.5. The summed E-state index contributed by atoms with van der Waals surface area (Å²) >= 11 is 12.1. The van der Waals surface area contributed by atoms with Gasteiger partial charge in [-0.15, -0.1) is 0 Å². The SMILES string of the molecule is O=C(Nc1ccccc1Cl)c1ccc(Nc2ccccc2Cl)nc1. The van der Waals surface area contributed by atoms with E-state index in [1.165, 1.54) is 6.20 Å². The van der Waals surface area contributed by atoms with Gasteiger partial charge in [-0.05, 0) is 36.4 Å². The molecule has 0 bridgehead atoms. The third-order valence-electron chi connectivity index (χ3n) is 3.28. The lowest BCUT2D eigenvalue weighted by atomic mass is 10.2. The van der Waals surface area contributed by atoms with Gasteiger partial charge >= 0.3 is 0 Å². The lowest BCUT2D eigenvalue weighted by Crippen LogP contribution is -2.12. The first-order valence-electron chi connectivity index (χ1n) is 7.17. The maximum atomic E-state index is 12.2. The number of anilines is 3. The molecule has 0 saturated carbocycles. The van der Waals surface area contributed by atoms with Crippen molar-refractivity contribution in [3.8, 4) is 0 Å². The fourth-order valence-electron chi connectivity index (χ4n) is 2.06. The Morgan fingerprint density at radius 3 is 2.04 bits per heavy atom. The Morgan fingerprint density at radius 2 is 1.46 bits per heavy atom. The minimum Gasteiger partial charge on any atom is -0.339 e. The Hall–Kier alpha value is -2.56. The van der Waals surface area contributed by atoms with E-state index in [-0.39, 0.29) is 5.91 Å². The number of pyridine rings is 1. The quantitative estimate of drug-likeness (QED) is 0.658. The summed E-state index contributed by atoms with van der Waals surface area (Å²) in [4.78, 5) is 16.5. The minimum atomic E-state index is -0.278. The Labute approximate surface area is 149 Å². The summed E-state index contributed by atoms with van der Waals surface area (Å²) in [6.45, 7) is 0. The fourth-order valence-corrected chi connectivity index (χ4v) is 2.43. The van der Waals surface area contributed by atoms with Crippen LogP contribution in [0.15, 0.2) is 66.9 Å². The Kier molecular flexibility index (Phi) is 4.99. The maximum Gasteiger partial charge on any atom is 0.257 e. The van der Waals surface area contributed by atoms with E-state index in [4.69, 9.17) is 23.2 Å². The lowest BCUT2D eigenvalue weighted by Gasteiger charge is -2.09. The van der Waals surface area contributed by atoms with E-state index in [0.29, 0.717) is 27.1 Å². The average molecular weight is 358 g/mol. The van der Waals surface area contributed by atoms with E-state index in [1.54, 1.807) is 42.5 Å². The third-order valence-corrected chi connectivity index (χ3v) is 3.94. The van der Waals surface area contributed by atoms with E-state index < -0.39 is 0 Å². The van der Waals surface area contributed by atoms with E-state index in [1.807, 2.05) is 18.2 Å². The highest BCUT2D eigenvalue weighted by atomic mass is 35.5. The molecule has 0 aliphatic carbocycles. The van der Waals surface area contributed by atoms with Crippen molar-refractivity contribution in [2.24, 2.45) is 0 Å². The molecule has 1 aromatic heterocycles. The number of nitrogens with one attached hydrogen (secondary N) is 2. The number of halogens is 2. The summed E-state index contributed by atoms with van der Waals surface area (Å²) in [6, 6.07) is 17.8. The molecule has 0 spiro atoms. The monoisotopic (exact) mass is 357 g/mol. The summed E-state index contributed by atoms with van der Waals surface area (Å²) in [5, 5.41) is 6.93. The predicted octanol–water partition coefficient (Wildman–Crippen LogP) is 5.38. The highest BCUT2D eigenvalue weighted by molar-refractivity contribution is 6.34. The van der Waals surface area contributed by atoms with Gasteiger partial charge in [0.1, 0.15) is 5.82 Å². The number of amides is 1. The van der Waals surface area contributed by atoms with Crippen molar-refractivity contribution in [3.63, 3.8) is 0 Å². The van der Waals surface area contributed by atoms with Crippen molar-refractivity contribution in [3.05, 3.63) is 82.5 Å². The van der Waals surface area contributed by atoms with Crippen molar-refractivity contribution in [2.45, 2.75) is 0 Å². The van der Waals surface area contributed by atoms with Gasteiger partial charge in [-0.1, -0.05) is 47.5 Å². The predicted molar refractivity (Wildman–Crippen MR) is 98.4 cm³/mol. The van der Waals surface area contributed by atoms with Crippen LogP contribution in [0.1, 0.15) is 10.4 Å². The highest BCUT2D eigenvalue weighted by Crippen LogP contribution is 2.24. The van der Waals surface area contributed by atoms with Crippen molar-refractivity contribution < 1.29 is 4.79 Å². The molecule has 2 aromatic carbocycles. The second kappa shape index (κ2) is 7.34. The van der Waals surface area contributed by atoms with E-state index in [0.717, 1.165) is 5.69 Å². The van der Waals surface area contributed by atoms with Gasteiger partial charge in [-0.25, -0.2) is 4.98 Å². The largest absolute Gasteiger partial charge is 0.339 e. The molecule has 0 aliphatic heterocycles. The Morgan fingerprint density at radius 1 is 0.833 bits per heavy atom. The van der Waals surface area contributed by atoms with Crippen LogP contribution in [0.4, 0.5) is 17.2 Å². The first-order chi connectivity index (χ1) is 11.6. The van der Waals surface area contributed by atoms with Crippen molar-refractivity contribution in [1.29, 1.82) is 0 Å². The molecule has 0 atom stereocenters. The number of carbonyl (C=O) groups excluding carboxylic acids is 1. The first-order valence-corrected chi connectivity index (χ1v) is 7.92. The molecule has 3 aromatic rings. The molecule has 24 heavy (non-hydrogen) atoms. The first kappa shape index (κ1) is 16.3. The second-order valence-corrected chi connectivity index (χ2v) is 5.79. The topological polar surface area (TPSA) is 54.0 Å². The Balaban J connectivity index is 1.71. The van der Waals surface area contributed by atoms with Gasteiger partial charge in [0.05, 0.1) is 27.0 Å². The van der Waals surface area contributed by atoms with Crippen LogP contribution in [-0.2, 0) is 0 Å². The van der Waals surface area contributed by atoms with Crippen LogP contribution >= 0.6 is 23.2 Å². The van der Waals surface area contributed by atoms with Crippen LogP contribution in [0, 0.1) is 0 Å². The van der Waals surface area contributed by atoms with Crippen LogP contribution in [0.5, 0.6) is 0 Å². The molecular weight excluding hydrogens is 345 g/mol. The van der Waals surface area contributed by atoms with Crippen molar-refractivity contribution in [1.82, 2.24) is 4.98 Å². The number of hydrogen-bond acceptors (Lipinski definition) is 3. The van der Waals surface area contributed by atoms with Gasteiger partial charge in [0.15, 0.2) is 0 Å². The Bertz CT molecular complexity index is 866. The van der Waals surface area contributed by atoms with Crippen LogP contribution < -0.4 is 10.6 Å². The molecule has 0 fully saturated rings. The number of aromatic nitrogens is 1. The fraction of sp³-hybridized carbons (Fsp3) is 0. The summed E-state index contributed by atoms with van der Waals surface area (Å²) in [5.74, 6) is 0.317. The van der Waals surface area contributed by atoms with Crippen molar-refractivity contribution in [2.75, 3.05) is 10.6 Å². The van der Waals surface area contributed by atoms with E-state index in [9.17, 15) is 4.79 Å². The average Bonchev–Trinajstić information content (AvgIpc) is 2.59. The van der Waals surface area contributed by atoms with Crippen LogP contribution in [-0.4, -0.2) is 10.9 Å². The zero-order valence-corrected chi connectivity index (χ0v) is 14.0. The molecule has 0 saturated heterocycles. The van der Waals surface area contributed by atoms with Crippen molar-refractivity contribution >= 4 is 46.3 Å². The molecule has 1 amide bonds. The molecule has 120 valence electrons. The number of carbonyl (C=O) groups is 1.